The number of carbonyl (C=O) groups excluding carboxylic acids is 1. The highest BCUT2D eigenvalue weighted by atomic mass is 32.1. The summed E-state index contributed by atoms with van der Waals surface area (Å²) in [6, 6.07) is 10.2. The fraction of sp³-hybridized carbons (Fsp3) is 0.278. The van der Waals surface area contributed by atoms with E-state index in [-0.39, 0.29) is 12.5 Å². The Morgan fingerprint density at radius 1 is 1.17 bits per heavy atom. The van der Waals surface area contributed by atoms with Gasteiger partial charge in [-0.1, -0.05) is 30.3 Å². The molecule has 6 heteroatoms. The van der Waals surface area contributed by atoms with Gasteiger partial charge in [0.1, 0.15) is 17.0 Å². The molecule has 0 bridgehead atoms. The van der Waals surface area contributed by atoms with Crippen molar-refractivity contribution in [1.29, 1.82) is 0 Å². The lowest BCUT2D eigenvalue weighted by molar-refractivity contribution is -0.128. The molecule has 0 spiro atoms. The molecule has 1 aliphatic heterocycles. The number of nitrogens with zero attached hydrogens (tertiary/aromatic N) is 3. The van der Waals surface area contributed by atoms with Gasteiger partial charge in [0.2, 0.25) is 5.91 Å². The molecule has 5 nitrogen and oxygen atoms in total. The summed E-state index contributed by atoms with van der Waals surface area (Å²) in [5, 5.41) is 6.31. The van der Waals surface area contributed by atoms with Gasteiger partial charge in [-0.05, 0) is 18.4 Å². The number of benzene rings is 1. The highest BCUT2D eigenvalue weighted by Gasteiger charge is 2.19. The Labute approximate surface area is 144 Å². The molecule has 1 amide bonds. The molecule has 1 N–H and O–H groups in total. The summed E-state index contributed by atoms with van der Waals surface area (Å²) in [4.78, 5) is 23.9. The van der Waals surface area contributed by atoms with Crippen molar-refractivity contribution in [3.63, 3.8) is 0 Å². The molecule has 0 saturated carbocycles. The first-order chi connectivity index (χ1) is 11.8. The topological polar surface area (TPSA) is 58.1 Å². The number of anilines is 1. The summed E-state index contributed by atoms with van der Waals surface area (Å²) < 4.78 is 0. The zero-order chi connectivity index (χ0) is 16.4. The SMILES string of the molecule is O=C(CNc1ncnc2scc(-c3ccccc3)c12)N1CCCC1. The lowest BCUT2D eigenvalue weighted by Gasteiger charge is -2.16. The van der Waals surface area contributed by atoms with Gasteiger partial charge in [0.15, 0.2) is 0 Å². The van der Waals surface area contributed by atoms with E-state index in [9.17, 15) is 4.79 Å². The molecule has 0 aliphatic carbocycles. The zero-order valence-corrected chi connectivity index (χ0v) is 14.1. The summed E-state index contributed by atoms with van der Waals surface area (Å²) in [6.07, 6.45) is 3.76. The number of amides is 1. The fourth-order valence-corrected chi connectivity index (χ4v) is 3.99. The van der Waals surface area contributed by atoms with Crippen molar-refractivity contribution in [2.24, 2.45) is 0 Å². The van der Waals surface area contributed by atoms with E-state index >= 15 is 0 Å². The summed E-state index contributed by atoms with van der Waals surface area (Å²) in [6.45, 7) is 2.01. The smallest absolute Gasteiger partial charge is 0.241 e. The van der Waals surface area contributed by atoms with Gasteiger partial charge < -0.3 is 10.2 Å². The van der Waals surface area contributed by atoms with Gasteiger partial charge in [-0.25, -0.2) is 9.97 Å². The number of likely N-dealkylation sites (tertiary alicyclic amines) is 1. The van der Waals surface area contributed by atoms with Crippen molar-refractivity contribution in [3.05, 3.63) is 42.0 Å². The van der Waals surface area contributed by atoms with Crippen LogP contribution in [0.2, 0.25) is 0 Å². The minimum atomic E-state index is 0.135. The van der Waals surface area contributed by atoms with Crippen LogP contribution in [-0.2, 0) is 4.79 Å². The van der Waals surface area contributed by atoms with E-state index in [1.54, 1.807) is 17.7 Å². The summed E-state index contributed by atoms with van der Waals surface area (Å²) >= 11 is 1.60. The van der Waals surface area contributed by atoms with Gasteiger partial charge >= 0.3 is 0 Å². The van der Waals surface area contributed by atoms with Crippen molar-refractivity contribution in [2.75, 3.05) is 25.0 Å². The second-order valence-electron chi connectivity index (χ2n) is 5.86. The van der Waals surface area contributed by atoms with Crippen LogP contribution < -0.4 is 5.32 Å². The first kappa shape index (κ1) is 15.1. The number of thiophene rings is 1. The van der Waals surface area contributed by atoms with Crippen LogP contribution in [0.5, 0.6) is 0 Å². The Bertz CT molecular complexity index is 856. The Hall–Kier alpha value is -2.47. The number of fused-ring (bicyclic) bond motifs is 1. The lowest BCUT2D eigenvalue weighted by Crippen LogP contribution is -2.33. The Kier molecular flexibility index (Phi) is 4.13. The van der Waals surface area contributed by atoms with Crippen LogP contribution in [0.1, 0.15) is 12.8 Å². The van der Waals surface area contributed by atoms with Crippen LogP contribution in [0.15, 0.2) is 42.0 Å². The predicted molar refractivity (Wildman–Crippen MR) is 97.2 cm³/mol. The quantitative estimate of drug-likeness (QED) is 0.792. The van der Waals surface area contributed by atoms with E-state index in [2.05, 4.69) is 32.8 Å². The molecule has 0 radical (unpaired) electrons. The maximum atomic E-state index is 12.3. The number of carbonyl (C=O) groups is 1. The summed E-state index contributed by atoms with van der Waals surface area (Å²) in [5.74, 6) is 0.864. The standard InChI is InChI=1S/C18H18N4OS/c23-15(22-8-4-5-9-22)10-19-17-16-14(13-6-2-1-3-7-13)11-24-18(16)21-12-20-17/h1-3,6-7,11-12H,4-5,8-10H2,(H,19,20,21). The molecule has 0 unspecified atom stereocenters. The minimum absolute atomic E-state index is 0.135. The largest absolute Gasteiger partial charge is 0.360 e. The number of hydrogen-bond acceptors (Lipinski definition) is 5. The molecule has 1 aliphatic rings. The minimum Gasteiger partial charge on any atom is -0.360 e. The van der Waals surface area contributed by atoms with Crippen LogP contribution in [0.3, 0.4) is 0 Å². The number of rotatable bonds is 4. The van der Waals surface area contributed by atoms with E-state index < -0.39 is 0 Å². The molecule has 3 heterocycles. The monoisotopic (exact) mass is 338 g/mol. The Balaban J connectivity index is 1.63. The zero-order valence-electron chi connectivity index (χ0n) is 13.2. The summed E-state index contributed by atoms with van der Waals surface area (Å²) in [7, 11) is 0. The van der Waals surface area contributed by atoms with E-state index in [0.717, 1.165) is 53.1 Å². The summed E-state index contributed by atoms with van der Waals surface area (Å²) in [5.41, 5.74) is 2.24. The van der Waals surface area contributed by atoms with Gasteiger partial charge in [-0.2, -0.15) is 0 Å². The molecule has 1 fully saturated rings. The molecule has 1 saturated heterocycles. The second kappa shape index (κ2) is 6.57. The van der Waals surface area contributed by atoms with Gasteiger partial charge in [0.05, 0.1) is 11.9 Å². The molecular formula is C18H18N4OS. The first-order valence-corrected chi connectivity index (χ1v) is 9.00. The molecule has 2 aromatic heterocycles. The van der Waals surface area contributed by atoms with Gasteiger partial charge in [-0.15, -0.1) is 11.3 Å². The Morgan fingerprint density at radius 3 is 2.75 bits per heavy atom. The average molecular weight is 338 g/mol. The van der Waals surface area contributed by atoms with E-state index in [4.69, 9.17) is 0 Å². The van der Waals surface area contributed by atoms with Gasteiger partial charge in [0.25, 0.3) is 0 Å². The predicted octanol–water partition coefficient (Wildman–Crippen LogP) is 3.39. The van der Waals surface area contributed by atoms with Crippen molar-refractivity contribution in [3.8, 4) is 11.1 Å². The highest BCUT2D eigenvalue weighted by Crippen LogP contribution is 2.36. The van der Waals surface area contributed by atoms with Crippen molar-refractivity contribution < 1.29 is 4.79 Å². The number of aromatic nitrogens is 2. The average Bonchev–Trinajstić information content (AvgIpc) is 3.30. The van der Waals surface area contributed by atoms with Crippen LogP contribution in [0, 0.1) is 0 Å². The molecule has 24 heavy (non-hydrogen) atoms. The van der Waals surface area contributed by atoms with Crippen molar-refractivity contribution in [1.82, 2.24) is 14.9 Å². The maximum Gasteiger partial charge on any atom is 0.241 e. The molecule has 0 atom stereocenters. The van der Waals surface area contributed by atoms with E-state index in [1.807, 2.05) is 23.1 Å². The third-order valence-electron chi connectivity index (χ3n) is 4.32. The third kappa shape index (κ3) is 2.85. The van der Waals surface area contributed by atoms with E-state index in [0.29, 0.717) is 0 Å². The fourth-order valence-electron chi connectivity index (χ4n) is 3.08. The van der Waals surface area contributed by atoms with E-state index in [1.165, 1.54) is 0 Å². The number of hydrogen-bond donors (Lipinski definition) is 1. The second-order valence-corrected chi connectivity index (χ2v) is 6.72. The third-order valence-corrected chi connectivity index (χ3v) is 5.21. The van der Waals surface area contributed by atoms with Crippen LogP contribution in [0.4, 0.5) is 5.82 Å². The van der Waals surface area contributed by atoms with Crippen molar-refractivity contribution >= 4 is 33.3 Å². The van der Waals surface area contributed by atoms with Crippen LogP contribution in [0.25, 0.3) is 21.3 Å². The normalized spacial score (nSPS) is 14.2. The lowest BCUT2D eigenvalue weighted by atomic mass is 10.1. The molecule has 1 aromatic carbocycles. The maximum absolute atomic E-state index is 12.3. The molecule has 3 aromatic rings. The molecule has 122 valence electrons. The van der Waals surface area contributed by atoms with Crippen molar-refractivity contribution in [2.45, 2.75) is 12.8 Å². The highest BCUT2D eigenvalue weighted by molar-refractivity contribution is 7.17. The van der Waals surface area contributed by atoms with Crippen LogP contribution >= 0.6 is 11.3 Å². The van der Waals surface area contributed by atoms with Crippen LogP contribution in [-0.4, -0.2) is 40.4 Å². The van der Waals surface area contributed by atoms with Gasteiger partial charge in [-0.3, -0.25) is 4.79 Å². The number of nitrogens with one attached hydrogen (secondary N) is 1. The Morgan fingerprint density at radius 2 is 1.96 bits per heavy atom. The molecular weight excluding hydrogens is 320 g/mol. The molecule has 4 rings (SSSR count). The van der Waals surface area contributed by atoms with Gasteiger partial charge in [0, 0.05) is 24.0 Å². The first-order valence-electron chi connectivity index (χ1n) is 8.12.